The summed E-state index contributed by atoms with van der Waals surface area (Å²) >= 11 is 0. The first-order chi connectivity index (χ1) is 8.40. The Morgan fingerprint density at radius 2 is 2.11 bits per heavy atom. The largest absolute Gasteiger partial charge is 0.481 e. The molecule has 0 saturated carbocycles. The second-order valence-corrected chi connectivity index (χ2v) is 4.07. The highest BCUT2D eigenvalue weighted by atomic mass is 19.4. The summed E-state index contributed by atoms with van der Waals surface area (Å²) in [7, 11) is 1.49. The van der Waals surface area contributed by atoms with Crippen molar-refractivity contribution >= 4 is 0 Å². The molecule has 1 N–H and O–H groups in total. The molecular formula is C12H16F3NO2. The highest BCUT2D eigenvalue weighted by Crippen LogP contribution is 2.23. The van der Waals surface area contributed by atoms with Crippen molar-refractivity contribution < 1.29 is 23.0 Å². The molecule has 3 nitrogen and oxygen atoms in total. The lowest BCUT2D eigenvalue weighted by Gasteiger charge is -2.11. The van der Waals surface area contributed by atoms with Crippen LogP contribution in [0.3, 0.4) is 0 Å². The summed E-state index contributed by atoms with van der Waals surface area (Å²) in [6.45, 7) is 0. The standard InChI is InChI=1S/C12H16F3NO2/c1-18-11-5-4-9(8-16-11)7-10(17)3-2-6-12(13,14)15/h4-5,8,10,17H,2-3,6-7H2,1H3. The zero-order chi connectivity index (χ0) is 13.6. The van der Waals surface area contributed by atoms with Gasteiger partial charge in [-0.05, 0) is 24.8 Å². The van der Waals surface area contributed by atoms with E-state index in [9.17, 15) is 18.3 Å². The molecule has 6 heteroatoms. The quantitative estimate of drug-likeness (QED) is 0.858. The van der Waals surface area contributed by atoms with E-state index in [1.807, 2.05) is 0 Å². The molecule has 102 valence electrons. The van der Waals surface area contributed by atoms with Gasteiger partial charge in [-0.2, -0.15) is 13.2 Å². The van der Waals surface area contributed by atoms with Gasteiger partial charge in [0, 0.05) is 18.7 Å². The van der Waals surface area contributed by atoms with Crippen molar-refractivity contribution in [3.8, 4) is 5.88 Å². The molecule has 0 aliphatic carbocycles. The summed E-state index contributed by atoms with van der Waals surface area (Å²) in [4.78, 5) is 3.96. The summed E-state index contributed by atoms with van der Waals surface area (Å²) < 4.78 is 40.6. The molecule has 0 bridgehead atoms. The first-order valence-corrected chi connectivity index (χ1v) is 5.64. The molecule has 0 saturated heterocycles. The Hall–Kier alpha value is -1.30. The van der Waals surface area contributed by atoms with Crippen LogP contribution in [0.15, 0.2) is 18.3 Å². The van der Waals surface area contributed by atoms with Gasteiger partial charge < -0.3 is 9.84 Å². The predicted octanol–water partition coefficient (Wildman–Crippen LogP) is 2.73. The third-order valence-corrected chi connectivity index (χ3v) is 2.48. The second-order valence-electron chi connectivity index (χ2n) is 4.07. The Balaban J connectivity index is 2.32. The third kappa shape index (κ3) is 5.86. The Kier molecular flexibility index (Phi) is 5.40. The number of halogens is 3. The summed E-state index contributed by atoms with van der Waals surface area (Å²) in [6, 6.07) is 3.39. The molecule has 0 spiro atoms. The van der Waals surface area contributed by atoms with E-state index in [-0.39, 0.29) is 12.8 Å². The Bertz CT molecular complexity index is 351. The van der Waals surface area contributed by atoms with Gasteiger partial charge in [0.1, 0.15) is 0 Å². The van der Waals surface area contributed by atoms with Crippen LogP contribution in [0.1, 0.15) is 24.8 Å². The van der Waals surface area contributed by atoms with E-state index in [4.69, 9.17) is 4.74 Å². The van der Waals surface area contributed by atoms with Crippen LogP contribution < -0.4 is 4.74 Å². The highest BCUT2D eigenvalue weighted by Gasteiger charge is 2.26. The van der Waals surface area contributed by atoms with Crippen LogP contribution in [0.5, 0.6) is 5.88 Å². The van der Waals surface area contributed by atoms with Gasteiger partial charge in [0.05, 0.1) is 13.2 Å². The van der Waals surface area contributed by atoms with Crippen molar-refractivity contribution in [2.75, 3.05) is 7.11 Å². The number of pyridine rings is 1. The number of ether oxygens (including phenoxy) is 1. The smallest absolute Gasteiger partial charge is 0.389 e. The van der Waals surface area contributed by atoms with E-state index in [2.05, 4.69) is 4.98 Å². The number of nitrogens with zero attached hydrogens (tertiary/aromatic N) is 1. The van der Waals surface area contributed by atoms with Crippen molar-refractivity contribution in [2.45, 2.75) is 38.0 Å². The van der Waals surface area contributed by atoms with E-state index in [0.717, 1.165) is 5.56 Å². The average molecular weight is 263 g/mol. The number of alkyl halides is 3. The lowest BCUT2D eigenvalue weighted by atomic mass is 10.0. The van der Waals surface area contributed by atoms with Crippen LogP contribution in [0.2, 0.25) is 0 Å². The minimum absolute atomic E-state index is 0.0613. The van der Waals surface area contributed by atoms with Crippen LogP contribution in [-0.4, -0.2) is 29.5 Å². The van der Waals surface area contributed by atoms with E-state index >= 15 is 0 Å². The highest BCUT2D eigenvalue weighted by molar-refractivity contribution is 5.18. The van der Waals surface area contributed by atoms with Gasteiger partial charge in [-0.1, -0.05) is 6.07 Å². The van der Waals surface area contributed by atoms with Crippen LogP contribution in [0.4, 0.5) is 13.2 Å². The van der Waals surface area contributed by atoms with Crippen LogP contribution >= 0.6 is 0 Å². The fourth-order valence-electron chi connectivity index (χ4n) is 1.56. The zero-order valence-electron chi connectivity index (χ0n) is 10.1. The van der Waals surface area contributed by atoms with Crippen molar-refractivity contribution in [2.24, 2.45) is 0 Å². The number of aliphatic hydroxyl groups excluding tert-OH is 1. The fraction of sp³-hybridized carbons (Fsp3) is 0.583. The number of rotatable bonds is 6. The van der Waals surface area contributed by atoms with Gasteiger partial charge in [0.15, 0.2) is 0 Å². The van der Waals surface area contributed by atoms with E-state index in [1.165, 1.54) is 7.11 Å². The van der Waals surface area contributed by atoms with Crippen molar-refractivity contribution in [1.82, 2.24) is 4.98 Å². The lowest BCUT2D eigenvalue weighted by Crippen LogP contribution is -2.13. The Morgan fingerprint density at radius 3 is 2.61 bits per heavy atom. The maximum absolute atomic E-state index is 11.9. The van der Waals surface area contributed by atoms with Crippen molar-refractivity contribution in [3.63, 3.8) is 0 Å². The van der Waals surface area contributed by atoms with Gasteiger partial charge in [-0.3, -0.25) is 0 Å². The van der Waals surface area contributed by atoms with E-state index in [1.54, 1.807) is 18.3 Å². The van der Waals surface area contributed by atoms with Gasteiger partial charge in [-0.15, -0.1) is 0 Å². The predicted molar refractivity (Wildman–Crippen MR) is 60.4 cm³/mol. The molecule has 18 heavy (non-hydrogen) atoms. The number of methoxy groups -OCH3 is 1. The zero-order valence-corrected chi connectivity index (χ0v) is 10.1. The molecule has 0 aliphatic heterocycles. The van der Waals surface area contributed by atoms with E-state index in [0.29, 0.717) is 12.3 Å². The molecule has 1 unspecified atom stereocenters. The minimum Gasteiger partial charge on any atom is -0.481 e. The van der Waals surface area contributed by atoms with Crippen LogP contribution in [-0.2, 0) is 6.42 Å². The van der Waals surface area contributed by atoms with Gasteiger partial charge in [0.2, 0.25) is 5.88 Å². The SMILES string of the molecule is COc1ccc(CC(O)CCCC(F)(F)F)cn1. The van der Waals surface area contributed by atoms with Crippen molar-refractivity contribution in [3.05, 3.63) is 23.9 Å². The lowest BCUT2D eigenvalue weighted by molar-refractivity contribution is -0.136. The molecule has 1 heterocycles. The summed E-state index contributed by atoms with van der Waals surface area (Å²) in [5, 5.41) is 9.60. The fourth-order valence-corrected chi connectivity index (χ4v) is 1.56. The Morgan fingerprint density at radius 1 is 1.39 bits per heavy atom. The Labute approximate surface area is 104 Å². The normalized spacial score (nSPS) is 13.4. The molecule has 1 aromatic rings. The molecule has 0 aliphatic rings. The van der Waals surface area contributed by atoms with Crippen LogP contribution in [0.25, 0.3) is 0 Å². The number of aliphatic hydroxyl groups is 1. The molecule has 0 fully saturated rings. The van der Waals surface area contributed by atoms with E-state index < -0.39 is 18.7 Å². The second kappa shape index (κ2) is 6.58. The molecule has 0 radical (unpaired) electrons. The third-order valence-electron chi connectivity index (χ3n) is 2.48. The maximum atomic E-state index is 11.9. The molecule has 1 rings (SSSR count). The number of hydrogen-bond donors (Lipinski definition) is 1. The molecule has 0 amide bonds. The molecular weight excluding hydrogens is 247 g/mol. The summed E-state index contributed by atoms with van der Waals surface area (Å²) in [5.41, 5.74) is 0.773. The molecule has 0 aromatic carbocycles. The monoisotopic (exact) mass is 263 g/mol. The van der Waals surface area contributed by atoms with Crippen molar-refractivity contribution in [1.29, 1.82) is 0 Å². The number of hydrogen-bond acceptors (Lipinski definition) is 3. The summed E-state index contributed by atoms with van der Waals surface area (Å²) in [5.74, 6) is 0.463. The van der Waals surface area contributed by atoms with Gasteiger partial charge in [-0.25, -0.2) is 4.98 Å². The average Bonchev–Trinajstić information content (AvgIpc) is 2.28. The topological polar surface area (TPSA) is 42.4 Å². The first kappa shape index (κ1) is 14.8. The number of aromatic nitrogens is 1. The summed E-state index contributed by atoms with van der Waals surface area (Å²) in [6.07, 6.45) is -3.87. The molecule has 1 atom stereocenters. The van der Waals surface area contributed by atoms with Gasteiger partial charge in [0.25, 0.3) is 0 Å². The first-order valence-electron chi connectivity index (χ1n) is 5.64. The van der Waals surface area contributed by atoms with Gasteiger partial charge >= 0.3 is 6.18 Å². The minimum atomic E-state index is -4.15. The van der Waals surface area contributed by atoms with Crippen LogP contribution in [0, 0.1) is 0 Å². The maximum Gasteiger partial charge on any atom is 0.389 e. The molecule has 1 aromatic heterocycles.